The van der Waals surface area contributed by atoms with E-state index < -0.39 is 11.4 Å². The third-order valence-electron chi connectivity index (χ3n) is 4.59. The number of methoxy groups -OCH3 is 1. The number of carboxylic acids is 1. The molecule has 3 nitrogen and oxygen atoms in total. The summed E-state index contributed by atoms with van der Waals surface area (Å²) in [4.78, 5) is 11.8. The molecule has 1 aliphatic rings. The Labute approximate surface area is 114 Å². The monoisotopic (exact) mass is 262 g/mol. The van der Waals surface area contributed by atoms with Gasteiger partial charge in [0.1, 0.15) is 0 Å². The first-order valence-electron chi connectivity index (χ1n) is 6.89. The highest BCUT2D eigenvalue weighted by molar-refractivity contribution is 5.76. The fraction of sp³-hybridized carbons (Fsp3) is 0.562. The maximum Gasteiger partial charge on any atom is 0.310 e. The zero-order valence-electron chi connectivity index (χ0n) is 11.7. The lowest BCUT2D eigenvalue weighted by molar-refractivity contribution is -0.153. The van der Waals surface area contributed by atoms with Crippen molar-refractivity contribution >= 4 is 5.97 Å². The molecule has 104 valence electrons. The largest absolute Gasteiger partial charge is 0.481 e. The summed E-state index contributed by atoms with van der Waals surface area (Å²) >= 11 is 0. The Balaban J connectivity index is 2.25. The van der Waals surface area contributed by atoms with E-state index in [-0.39, 0.29) is 5.92 Å². The normalized spacial score (nSPS) is 23.7. The van der Waals surface area contributed by atoms with Crippen molar-refractivity contribution in [2.75, 3.05) is 13.7 Å². The van der Waals surface area contributed by atoms with Gasteiger partial charge in [-0.2, -0.15) is 0 Å². The topological polar surface area (TPSA) is 46.5 Å². The Morgan fingerprint density at radius 2 is 2.11 bits per heavy atom. The Morgan fingerprint density at radius 1 is 1.42 bits per heavy atom. The summed E-state index contributed by atoms with van der Waals surface area (Å²) in [6.45, 7) is 2.67. The maximum atomic E-state index is 11.8. The molecule has 0 fully saturated rings. The minimum atomic E-state index is -0.661. The lowest BCUT2D eigenvalue weighted by Gasteiger charge is -2.39. The number of aryl methyl sites for hydroxylation is 1. The SMILES string of the molecule is COCCC(C)C1(C(=O)O)CCc2ccccc2C1. The van der Waals surface area contributed by atoms with Crippen LogP contribution in [0.4, 0.5) is 0 Å². The van der Waals surface area contributed by atoms with Crippen LogP contribution in [0.5, 0.6) is 0 Å². The number of benzene rings is 1. The number of carbonyl (C=O) groups is 1. The van der Waals surface area contributed by atoms with Gasteiger partial charge in [0.25, 0.3) is 0 Å². The third kappa shape index (κ3) is 2.66. The highest BCUT2D eigenvalue weighted by Crippen LogP contribution is 2.43. The van der Waals surface area contributed by atoms with E-state index in [0.29, 0.717) is 13.0 Å². The van der Waals surface area contributed by atoms with Gasteiger partial charge < -0.3 is 9.84 Å². The molecule has 3 heteroatoms. The average molecular weight is 262 g/mol. The summed E-state index contributed by atoms with van der Waals surface area (Å²) in [7, 11) is 1.66. The van der Waals surface area contributed by atoms with E-state index in [1.165, 1.54) is 11.1 Å². The molecule has 1 aromatic rings. The second-order valence-electron chi connectivity index (χ2n) is 5.59. The van der Waals surface area contributed by atoms with E-state index in [0.717, 1.165) is 19.3 Å². The summed E-state index contributed by atoms with van der Waals surface area (Å²) < 4.78 is 5.10. The van der Waals surface area contributed by atoms with Gasteiger partial charge in [-0.25, -0.2) is 0 Å². The summed E-state index contributed by atoms with van der Waals surface area (Å²) in [5.41, 5.74) is 1.87. The minimum Gasteiger partial charge on any atom is -0.481 e. The number of aliphatic carboxylic acids is 1. The molecule has 2 atom stereocenters. The lowest BCUT2D eigenvalue weighted by atomic mass is 9.64. The van der Waals surface area contributed by atoms with Crippen LogP contribution in [0.2, 0.25) is 0 Å². The van der Waals surface area contributed by atoms with Crippen LogP contribution < -0.4 is 0 Å². The zero-order chi connectivity index (χ0) is 13.9. The fourth-order valence-electron chi connectivity index (χ4n) is 3.14. The molecular weight excluding hydrogens is 240 g/mol. The standard InChI is InChI=1S/C16H22O3/c1-12(8-10-19-2)16(15(17)18)9-7-13-5-3-4-6-14(13)11-16/h3-6,12H,7-11H2,1-2H3,(H,17,18). The van der Waals surface area contributed by atoms with E-state index in [4.69, 9.17) is 4.74 Å². The van der Waals surface area contributed by atoms with E-state index in [9.17, 15) is 9.90 Å². The molecule has 0 amide bonds. The summed E-state index contributed by atoms with van der Waals surface area (Å²) in [6.07, 6.45) is 3.03. The van der Waals surface area contributed by atoms with Crippen LogP contribution in [0.25, 0.3) is 0 Å². The van der Waals surface area contributed by atoms with Gasteiger partial charge in [0, 0.05) is 13.7 Å². The van der Waals surface area contributed by atoms with Crippen molar-refractivity contribution < 1.29 is 14.6 Å². The molecule has 1 aromatic carbocycles. The number of fused-ring (bicyclic) bond motifs is 1. The first-order valence-corrected chi connectivity index (χ1v) is 6.89. The van der Waals surface area contributed by atoms with E-state index in [2.05, 4.69) is 12.1 Å². The van der Waals surface area contributed by atoms with Gasteiger partial charge in [0.05, 0.1) is 5.41 Å². The van der Waals surface area contributed by atoms with Crippen molar-refractivity contribution in [2.45, 2.75) is 32.6 Å². The molecule has 2 unspecified atom stereocenters. The van der Waals surface area contributed by atoms with Crippen molar-refractivity contribution in [1.29, 1.82) is 0 Å². The molecule has 0 aromatic heterocycles. The number of rotatable bonds is 5. The Kier molecular flexibility index (Phi) is 4.25. The highest BCUT2D eigenvalue weighted by atomic mass is 16.5. The number of carboxylic acid groups (broad SMARTS) is 1. The molecule has 0 heterocycles. The summed E-state index contributed by atoms with van der Waals surface area (Å²) in [5.74, 6) is -0.538. The van der Waals surface area contributed by atoms with Gasteiger partial charge in [0.2, 0.25) is 0 Å². The highest BCUT2D eigenvalue weighted by Gasteiger charge is 2.45. The molecule has 1 N–H and O–H groups in total. The molecule has 19 heavy (non-hydrogen) atoms. The van der Waals surface area contributed by atoms with Gasteiger partial charge >= 0.3 is 5.97 Å². The third-order valence-corrected chi connectivity index (χ3v) is 4.59. The van der Waals surface area contributed by atoms with Crippen LogP contribution in [0.15, 0.2) is 24.3 Å². The van der Waals surface area contributed by atoms with Crippen LogP contribution >= 0.6 is 0 Å². The maximum absolute atomic E-state index is 11.8. The zero-order valence-corrected chi connectivity index (χ0v) is 11.7. The van der Waals surface area contributed by atoms with Gasteiger partial charge in [0.15, 0.2) is 0 Å². The fourth-order valence-corrected chi connectivity index (χ4v) is 3.14. The Bertz CT molecular complexity index is 455. The van der Waals surface area contributed by atoms with Crippen LogP contribution in [-0.2, 0) is 22.4 Å². The summed E-state index contributed by atoms with van der Waals surface area (Å²) in [6, 6.07) is 8.20. The molecule has 0 aliphatic heterocycles. The molecule has 0 saturated heterocycles. The van der Waals surface area contributed by atoms with E-state index >= 15 is 0 Å². The van der Waals surface area contributed by atoms with Crippen molar-refractivity contribution in [2.24, 2.45) is 11.3 Å². The molecule has 0 bridgehead atoms. The van der Waals surface area contributed by atoms with Gasteiger partial charge in [-0.15, -0.1) is 0 Å². The average Bonchev–Trinajstić information content (AvgIpc) is 2.43. The first-order chi connectivity index (χ1) is 9.10. The minimum absolute atomic E-state index is 0.123. The van der Waals surface area contributed by atoms with Crippen molar-refractivity contribution in [3.8, 4) is 0 Å². The second-order valence-corrected chi connectivity index (χ2v) is 5.59. The molecule has 0 saturated carbocycles. The van der Waals surface area contributed by atoms with Crippen molar-refractivity contribution in [3.63, 3.8) is 0 Å². The van der Waals surface area contributed by atoms with Crippen LogP contribution in [0.1, 0.15) is 30.9 Å². The molecule has 1 aliphatic carbocycles. The predicted molar refractivity (Wildman–Crippen MR) is 74.2 cm³/mol. The lowest BCUT2D eigenvalue weighted by Crippen LogP contribution is -2.42. The quantitative estimate of drug-likeness (QED) is 0.887. The number of hydrogen-bond acceptors (Lipinski definition) is 2. The van der Waals surface area contributed by atoms with Crippen molar-refractivity contribution in [1.82, 2.24) is 0 Å². The van der Waals surface area contributed by atoms with Crippen LogP contribution in [0, 0.1) is 11.3 Å². The molecular formula is C16H22O3. The van der Waals surface area contributed by atoms with Crippen LogP contribution in [-0.4, -0.2) is 24.8 Å². The molecule has 2 rings (SSSR count). The number of ether oxygens (including phenoxy) is 1. The van der Waals surface area contributed by atoms with E-state index in [1.807, 2.05) is 19.1 Å². The smallest absolute Gasteiger partial charge is 0.310 e. The Morgan fingerprint density at radius 3 is 2.74 bits per heavy atom. The van der Waals surface area contributed by atoms with E-state index in [1.54, 1.807) is 7.11 Å². The number of hydrogen-bond donors (Lipinski definition) is 1. The predicted octanol–water partition coefficient (Wildman–Crippen LogP) is 2.92. The van der Waals surface area contributed by atoms with Crippen molar-refractivity contribution in [3.05, 3.63) is 35.4 Å². The van der Waals surface area contributed by atoms with Gasteiger partial charge in [-0.05, 0) is 42.7 Å². The van der Waals surface area contributed by atoms with Gasteiger partial charge in [-0.1, -0.05) is 31.2 Å². The summed E-state index contributed by atoms with van der Waals surface area (Å²) in [5, 5.41) is 9.74. The molecule has 0 radical (unpaired) electrons. The van der Waals surface area contributed by atoms with Crippen LogP contribution in [0.3, 0.4) is 0 Å². The first kappa shape index (κ1) is 14.1. The second kappa shape index (κ2) is 5.74. The Hall–Kier alpha value is -1.35. The van der Waals surface area contributed by atoms with Gasteiger partial charge in [-0.3, -0.25) is 4.79 Å². The molecule has 0 spiro atoms.